The Bertz CT molecular complexity index is 552. The predicted molar refractivity (Wildman–Crippen MR) is 81.2 cm³/mol. The minimum atomic E-state index is 0.504. The first kappa shape index (κ1) is 14.1. The van der Waals surface area contributed by atoms with E-state index in [9.17, 15) is 0 Å². The van der Waals surface area contributed by atoms with Gasteiger partial charge < -0.3 is 10.3 Å². The Morgan fingerprint density at radius 1 is 1.21 bits per heavy atom. The van der Waals surface area contributed by atoms with E-state index < -0.39 is 0 Å². The van der Waals surface area contributed by atoms with Crippen LogP contribution in [-0.4, -0.2) is 9.55 Å². The molecule has 0 aliphatic rings. The van der Waals surface area contributed by atoms with Crippen LogP contribution in [0.25, 0.3) is 11.0 Å². The summed E-state index contributed by atoms with van der Waals surface area (Å²) in [6.45, 7) is 10.4. The number of benzene rings is 1. The maximum absolute atomic E-state index is 5.84. The number of hydrogen-bond donors (Lipinski definition) is 1. The number of aryl methyl sites for hydroxylation is 1. The fourth-order valence-corrected chi connectivity index (χ4v) is 2.35. The van der Waals surface area contributed by atoms with Crippen molar-refractivity contribution in [1.82, 2.24) is 9.55 Å². The normalized spacial score (nSPS) is 11.9. The van der Waals surface area contributed by atoms with Crippen LogP contribution in [0.2, 0.25) is 0 Å². The standard InChI is InChI=1S/C16H25N3/c1-11(2)7-8-19-15-6-5-13(12(3)4)9-14(15)18-16(19)10-17/h5-6,9,11-12H,7-8,10,17H2,1-4H3. The van der Waals surface area contributed by atoms with Gasteiger partial charge in [-0.2, -0.15) is 0 Å². The van der Waals surface area contributed by atoms with E-state index in [1.807, 2.05) is 0 Å². The van der Waals surface area contributed by atoms with E-state index in [4.69, 9.17) is 10.7 Å². The molecule has 0 spiro atoms. The topological polar surface area (TPSA) is 43.8 Å². The van der Waals surface area contributed by atoms with Gasteiger partial charge in [-0.1, -0.05) is 33.8 Å². The summed E-state index contributed by atoms with van der Waals surface area (Å²) < 4.78 is 2.28. The monoisotopic (exact) mass is 259 g/mol. The molecule has 19 heavy (non-hydrogen) atoms. The summed E-state index contributed by atoms with van der Waals surface area (Å²) in [5.74, 6) is 2.22. The van der Waals surface area contributed by atoms with Crippen LogP contribution < -0.4 is 5.73 Å². The molecule has 1 aromatic carbocycles. The van der Waals surface area contributed by atoms with Crippen LogP contribution in [0.15, 0.2) is 18.2 Å². The van der Waals surface area contributed by atoms with Gasteiger partial charge in [0, 0.05) is 6.54 Å². The number of aromatic nitrogens is 2. The van der Waals surface area contributed by atoms with Crippen molar-refractivity contribution in [3.63, 3.8) is 0 Å². The number of hydrogen-bond acceptors (Lipinski definition) is 2. The summed E-state index contributed by atoms with van der Waals surface area (Å²) in [6, 6.07) is 6.60. The number of nitrogens with zero attached hydrogens (tertiary/aromatic N) is 2. The van der Waals surface area contributed by atoms with Gasteiger partial charge in [0.2, 0.25) is 0 Å². The minimum absolute atomic E-state index is 0.504. The average Bonchev–Trinajstić information content (AvgIpc) is 2.72. The molecule has 3 nitrogen and oxygen atoms in total. The van der Waals surface area contributed by atoms with Crippen LogP contribution in [0.4, 0.5) is 0 Å². The Balaban J connectivity index is 2.43. The second kappa shape index (κ2) is 5.74. The third-order valence-electron chi connectivity index (χ3n) is 3.63. The highest BCUT2D eigenvalue weighted by atomic mass is 15.1. The Morgan fingerprint density at radius 3 is 2.53 bits per heavy atom. The molecule has 2 rings (SSSR count). The summed E-state index contributed by atoms with van der Waals surface area (Å²) in [5, 5.41) is 0. The molecule has 104 valence electrons. The minimum Gasteiger partial charge on any atom is -0.327 e. The summed E-state index contributed by atoms with van der Waals surface area (Å²) in [7, 11) is 0. The van der Waals surface area contributed by atoms with E-state index in [0.29, 0.717) is 18.4 Å². The van der Waals surface area contributed by atoms with Crippen LogP contribution in [0.1, 0.15) is 51.4 Å². The van der Waals surface area contributed by atoms with Crippen molar-refractivity contribution in [2.75, 3.05) is 0 Å². The molecule has 3 heteroatoms. The number of rotatable bonds is 5. The SMILES string of the molecule is CC(C)CCn1c(CN)nc2cc(C(C)C)ccc21. The summed E-state index contributed by atoms with van der Waals surface area (Å²) in [4.78, 5) is 4.69. The molecule has 2 aromatic rings. The maximum atomic E-state index is 5.84. The van der Waals surface area contributed by atoms with E-state index >= 15 is 0 Å². The second-order valence-electron chi connectivity index (χ2n) is 5.97. The van der Waals surface area contributed by atoms with Crippen LogP contribution >= 0.6 is 0 Å². The zero-order valence-electron chi connectivity index (χ0n) is 12.5. The van der Waals surface area contributed by atoms with Gasteiger partial charge in [0.1, 0.15) is 5.82 Å². The number of fused-ring (bicyclic) bond motifs is 1. The lowest BCUT2D eigenvalue weighted by Crippen LogP contribution is -2.10. The first-order chi connectivity index (χ1) is 9.02. The van der Waals surface area contributed by atoms with Crippen molar-refractivity contribution in [2.24, 2.45) is 11.7 Å². The number of imidazole rings is 1. The molecule has 1 aromatic heterocycles. The van der Waals surface area contributed by atoms with Crippen molar-refractivity contribution >= 4 is 11.0 Å². The van der Waals surface area contributed by atoms with Crippen molar-refractivity contribution < 1.29 is 0 Å². The fourth-order valence-electron chi connectivity index (χ4n) is 2.35. The molecule has 0 saturated carbocycles. The lowest BCUT2D eigenvalue weighted by molar-refractivity contribution is 0.512. The molecule has 0 amide bonds. The van der Waals surface area contributed by atoms with E-state index in [0.717, 1.165) is 24.3 Å². The quantitative estimate of drug-likeness (QED) is 0.890. The Morgan fingerprint density at radius 2 is 1.95 bits per heavy atom. The molecular formula is C16H25N3. The van der Waals surface area contributed by atoms with Gasteiger partial charge >= 0.3 is 0 Å². The predicted octanol–water partition coefficient (Wildman–Crippen LogP) is 3.66. The van der Waals surface area contributed by atoms with Crippen molar-refractivity contribution in [3.05, 3.63) is 29.6 Å². The van der Waals surface area contributed by atoms with Crippen molar-refractivity contribution in [3.8, 4) is 0 Å². The van der Waals surface area contributed by atoms with Gasteiger partial charge in [0.25, 0.3) is 0 Å². The third-order valence-corrected chi connectivity index (χ3v) is 3.63. The van der Waals surface area contributed by atoms with Gasteiger partial charge in [-0.05, 0) is 36.0 Å². The third kappa shape index (κ3) is 2.98. The molecule has 1 heterocycles. The molecule has 2 N–H and O–H groups in total. The molecule has 0 bridgehead atoms. The first-order valence-electron chi connectivity index (χ1n) is 7.22. The summed E-state index contributed by atoms with van der Waals surface area (Å²) in [6.07, 6.45) is 1.16. The maximum Gasteiger partial charge on any atom is 0.123 e. The molecule has 0 radical (unpaired) electrons. The molecule has 0 fully saturated rings. The zero-order valence-corrected chi connectivity index (χ0v) is 12.5. The Hall–Kier alpha value is -1.35. The van der Waals surface area contributed by atoms with E-state index in [2.05, 4.69) is 50.5 Å². The molecule has 0 atom stereocenters. The van der Waals surface area contributed by atoms with Crippen molar-refractivity contribution in [1.29, 1.82) is 0 Å². The van der Waals surface area contributed by atoms with Gasteiger partial charge in [-0.25, -0.2) is 4.98 Å². The summed E-state index contributed by atoms with van der Waals surface area (Å²) in [5.41, 5.74) is 9.47. The molecule has 0 aliphatic carbocycles. The van der Waals surface area contributed by atoms with Crippen LogP contribution in [0.3, 0.4) is 0 Å². The van der Waals surface area contributed by atoms with E-state index in [1.165, 1.54) is 11.1 Å². The highest BCUT2D eigenvalue weighted by molar-refractivity contribution is 5.77. The van der Waals surface area contributed by atoms with Gasteiger partial charge in [0.15, 0.2) is 0 Å². The first-order valence-corrected chi connectivity index (χ1v) is 7.22. The van der Waals surface area contributed by atoms with Crippen LogP contribution in [0.5, 0.6) is 0 Å². The van der Waals surface area contributed by atoms with Gasteiger partial charge in [-0.15, -0.1) is 0 Å². The second-order valence-corrected chi connectivity index (χ2v) is 5.97. The highest BCUT2D eigenvalue weighted by Gasteiger charge is 2.11. The largest absolute Gasteiger partial charge is 0.327 e. The van der Waals surface area contributed by atoms with Crippen LogP contribution in [-0.2, 0) is 13.1 Å². The van der Waals surface area contributed by atoms with E-state index in [-0.39, 0.29) is 0 Å². The highest BCUT2D eigenvalue weighted by Crippen LogP contribution is 2.23. The van der Waals surface area contributed by atoms with E-state index in [1.54, 1.807) is 0 Å². The molecule has 0 saturated heterocycles. The summed E-state index contributed by atoms with van der Waals surface area (Å²) >= 11 is 0. The Kier molecular flexibility index (Phi) is 4.25. The molecule has 0 aliphatic heterocycles. The number of nitrogens with two attached hydrogens (primary N) is 1. The fraction of sp³-hybridized carbons (Fsp3) is 0.562. The molecule has 0 unspecified atom stereocenters. The molecular weight excluding hydrogens is 234 g/mol. The zero-order chi connectivity index (χ0) is 14.0. The van der Waals surface area contributed by atoms with Crippen molar-refractivity contribution in [2.45, 2.75) is 53.1 Å². The lowest BCUT2D eigenvalue weighted by Gasteiger charge is -2.10. The average molecular weight is 259 g/mol. The Labute approximate surface area is 115 Å². The smallest absolute Gasteiger partial charge is 0.123 e. The van der Waals surface area contributed by atoms with Gasteiger partial charge in [-0.3, -0.25) is 0 Å². The lowest BCUT2D eigenvalue weighted by atomic mass is 10.0. The van der Waals surface area contributed by atoms with Crippen LogP contribution in [0, 0.1) is 5.92 Å². The van der Waals surface area contributed by atoms with Gasteiger partial charge in [0.05, 0.1) is 17.6 Å².